The maximum Gasteiger partial charge on any atom is 0.276 e. The lowest BCUT2D eigenvalue weighted by atomic mass is 9.94. The molecule has 0 amide bonds. The average molecular weight is 247 g/mol. The molecule has 1 aliphatic heterocycles. The predicted molar refractivity (Wildman–Crippen MR) is 65.8 cm³/mol. The first-order valence-electron chi connectivity index (χ1n) is 6.34. The Balaban J connectivity index is 1.71. The molecular weight excluding hydrogens is 230 g/mol. The Hall–Kier alpha value is -1.69. The van der Waals surface area contributed by atoms with Crippen LogP contribution in [-0.2, 0) is 13.5 Å². The van der Waals surface area contributed by atoms with Gasteiger partial charge < -0.3 is 9.84 Å². The summed E-state index contributed by atoms with van der Waals surface area (Å²) in [4.78, 5) is 4.45. The van der Waals surface area contributed by atoms with Gasteiger partial charge in [0.25, 0.3) is 5.89 Å². The molecule has 0 aliphatic carbocycles. The number of nitrogens with one attached hydrogen (secondary N) is 1. The molecule has 1 aliphatic rings. The van der Waals surface area contributed by atoms with Crippen LogP contribution in [0, 0.1) is 5.92 Å². The van der Waals surface area contributed by atoms with Gasteiger partial charge in [-0.2, -0.15) is 10.1 Å². The molecule has 0 aromatic carbocycles. The number of aryl methyl sites for hydroxylation is 1. The average Bonchev–Trinajstić information content (AvgIpc) is 2.99. The van der Waals surface area contributed by atoms with Crippen LogP contribution < -0.4 is 5.32 Å². The molecule has 1 fully saturated rings. The van der Waals surface area contributed by atoms with Crippen LogP contribution >= 0.6 is 0 Å². The van der Waals surface area contributed by atoms with Gasteiger partial charge in [0, 0.05) is 19.7 Å². The number of rotatable bonds is 3. The summed E-state index contributed by atoms with van der Waals surface area (Å²) in [7, 11) is 1.87. The van der Waals surface area contributed by atoms with Gasteiger partial charge in [-0.1, -0.05) is 5.16 Å². The van der Waals surface area contributed by atoms with E-state index in [1.807, 2.05) is 13.1 Å². The lowest BCUT2D eigenvalue weighted by Crippen LogP contribution is -2.28. The van der Waals surface area contributed by atoms with Crippen LogP contribution in [0.2, 0.25) is 0 Å². The minimum absolute atomic E-state index is 0.555. The number of hydrogen-bond donors (Lipinski definition) is 1. The van der Waals surface area contributed by atoms with E-state index < -0.39 is 0 Å². The van der Waals surface area contributed by atoms with Gasteiger partial charge in [0.2, 0.25) is 0 Å². The van der Waals surface area contributed by atoms with Gasteiger partial charge in [-0.3, -0.25) is 4.68 Å². The standard InChI is InChI=1S/C12H17N5O/c1-17-10(4-7-14-17)12-15-11(16-18-12)8-9-2-5-13-6-3-9/h4,7,9,13H,2-3,5-6,8H2,1H3. The SMILES string of the molecule is Cn1nccc1-c1nc(CC2CCNCC2)no1. The number of aromatic nitrogens is 4. The second-order valence-corrected chi connectivity index (χ2v) is 4.75. The molecule has 3 rings (SSSR count). The summed E-state index contributed by atoms with van der Waals surface area (Å²) in [5, 5.41) is 11.5. The van der Waals surface area contributed by atoms with Crippen molar-refractivity contribution in [2.45, 2.75) is 19.3 Å². The minimum atomic E-state index is 0.555. The van der Waals surface area contributed by atoms with Gasteiger partial charge >= 0.3 is 0 Å². The Labute approximate surface area is 105 Å². The van der Waals surface area contributed by atoms with Crippen molar-refractivity contribution in [3.8, 4) is 11.6 Å². The molecule has 18 heavy (non-hydrogen) atoms. The Morgan fingerprint density at radius 3 is 3.00 bits per heavy atom. The van der Waals surface area contributed by atoms with E-state index in [2.05, 4.69) is 20.6 Å². The molecule has 2 aromatic rings. The van der Waals surface area contributed by atoms with E-state index in [1.54, 1.807) is 10.9 Å². The van der Waals surface area contributed by atoms with E-state index in [-0.39, 0.29) is 0 Å². The molecule has 96 valence electrons. The first kappa shape index (κ1) is 11.4. The molecule has 6 heteroatoms. The first-order valence-corrected chi connectivity index (χ1v) is 6.34. The van der Waals surface area contributed by atoms with Crippen LogP contribution in [0.25, 0.3) is 11.6 Å². The monoisotopic (exact) mass is 247 g/mol. The molecule has 0 atom stereocenters. The summed E-state index contributed by atoms with van der Waals surface area (Å²) in [6, 6.07) is 1.88. The predicted octanol–water partition coefficient (Wildman–Crippen LogP) is 1.01. The summed E-state index contributed by atoms with van der Waals surface area (Å²) in [6.45, 7) is 2.19. The molecule has 0 radical (unpaired) electrons. The zero-order valence-corrected chi connectivity index (χ0v) is 10.5. The molecule has 6 nitrogen and oxygen atoms in total. The molecule has 0 spiro atoms. The lowest BCUT2D eigenvalue weighted by Gasteiger charge is -2.20. The van der Waals surface area contributed by atoms with Crippen LogP contribution in [0.4, 0.5) is 0 Å². The zero-order chi connectivity index (χ0) is 12.4. The van der Waals surface area contributed by atoms with E-state index in [1.165, 1.54) is 12.8 Å². The third-order valence-electron chi connectivity index (χ3n) is 3.44. The summed E-state index contributed by atoms with van der Waals surface area (Å²) < 4.78 is 7.03. The van der Waals surface area contributed by atoms with Gasteiger partial charge in [-0.15, -0.1) is 0 Å². The van der Waals surface area contributed by atoms with E-state index >= 15 is 0 Å². The van der Waals surface area contributed by atoms with Crippen molar-refractivity contribution in [3.63, 3.8) is 0 Å². The Morgan fingerprint density at radius 1 is 1.44 bits per heavy atom. The fraction of sp³-hybridized carbons (Fsp3) is 0.583. The smallest absolute Gasteiger partial charge is 0.276 e. The van der Waals surface area contributed by atoms with Crippen molar-refractivity contribution in [1.29, 1.82) is 0 Å². The topological polar surface area (TPSA) is 68.8 Å². The second kappa shape index (κ2) is 4.89. The Kier molecular flexibility index (Phi) is 3.10. The molecule has 2 aromatic heterocycles. The Morgan fingerprint density at radius 2 is 2.28 bits per heavy atom. The third kappa shape index (κ3) is 2.28. The van der Waals surface area contributed by atoms with Crippen molar-refractivity contribution in [3.05, 3.63) is 18.1 Å². The van der Waals surface area contributed by atoms with Crippen LogP contribution in [-0.4, -0.2) is 33.0 Å². The maximum atomic E-state index is 5.29. The van der Waals surface area contributed by atoms with Gasteiger partial charge in [-0.25, -0.2) is 0 Å². The van der Waals surface area contributed by atoms with E-state index in [9.17, 15) is 0 Å². The molecule has 0 saturated carbocycles. The van der Waals surface area contributed by atoms with Crippen LogP contribution in [0.5, 0.6) is 0 Å². The first-order chi connectivity index (χ1) is 8.83. The van der Waals surface area contributed by atoms with Gasteiger partial charge in [0.15, 0.2) is 5.82 Å². The van der Waals surface area contributed by atoms with Crippen molar-refractivity contribution >= 4 is 0 Å². The van der Waals surface area contributed by atoms with Crippen molar-refractivity contribution in [2.75, 3.05) is 13.1 Å². The quantitative estimate of drug-likeness (QED) is 0.876. The van der Waals surface area contributed by atoms with Crippen LogP contribution in [0.1, 0.15) is 18.7 Å². The van der Waals surface area contributed by atoms with Crippen LogP contribution in [0.3, 0.4) is 0 Å². The van der Waals surface area contributed by atoms with Gasteiger partial charge in [-0.05, 0) is 37.9 Å². The molecule has 1 saturated heterocycles. The fourth-order valence-electron chi connectivity index (χ4n) is 2.37. The number of nitrogens with zero attached hydrogens (tertiary/aromatic N) is 4. The highest BCUT2D eigenvalue weighted by Crippen LogP contribution is 2.19. The van der Waals surface area contributed by atoms with Crippen molar-refractivity contribution < 1.29 is 4.52 Å². The highest BCUT2D eigenvalue weighted by molar-refractivity contribution is 5.45. The van der Waals surface area contributed by atoms with Crippen molar-refractivity contribution in [1.82, 2.24) is 25.2 Å². The van der Waals surface area contributed by atoms with Gasteiger partial charge in [0.1, 0.15) is 5.69 Å². The molecule has 0 bridgehead atoms. The van der Waals surface area contributed by atoms with E-state index in [4.69, 9.17) is 4.52 Å². The highest BCUT2D eigenvalue weighted by Gasteiger charge is 2.18. The summed E-state index contributed by atoms with van der Waals surface area (Å²) in [5.74, 6) is 2.03. The molecule has 3 heterocycles. The largest absolute Gasteiger partial charge is 0.332 e. The number of piperidine rings is 1. The third-order valence-corrected chi connectivity index (χ3v) is 3.44. The highest BCUT2D eigenvalue weighted by atomic mass is 16.5. The van der Waals surface area contributed by atoms with E-state index in [0.29, 0.717) is 11.8 Å². The maximum absolute atomic E-state index is 5.29. The normalized spacial score (nSPS) is 17.2. The summed E-state index contributed by atoms with van der Waals surface area (Å²) >= 11 is 0. The summed E-state index contributed by atoms with van der Waals surface area (Å²) in [6.07, 6.45) is 5.01. The lowest BCUT2D eigenvalue weighted by molar-refractivity contribution is 0.356. The molecule has 1 N–H and O–H groups in total. The fourth-order valence-corrected chi connectivity index (χ4v) is 2.37. The van der Waals surface area contributed by atoms with E-state index in [0.717, 1.165) is 31.0 Å². The van der Waals surface area contributed by atoms with Crippen LogP contribution in [0.15, 0.2) is 16.8 Å². The second-order valence-electron chi connectivity index (χ2n) is 4.75. The Bertz CT molecular complexity index is 512. The zero-order valence-electron chi connectivity index (χ0n) is 10.5. The minimum Gasteiger partial charge on any atom is -0.332 e. The summed E-state index contributed by atoms with van der Waals surface area (Å²) in [5.41, 5.74) is 0.860. The van der Waals surface area contributed by atoms with Gasteiger partial charge in [0.05, 0.1) is 0 Å². The molecule has 0 unspecified atom stereocenters. The number of hydrogen-bond acceptors (Lipinski definition) is 5. The molecular formula is C12H17N5O. The van der Waals surface area contributed by atoms with Crippen molar-refractivity contribution in [2.24, 2.45) is 13.0 Å².